The Morgan fingerprint density at radius 2 is 1.82 bits per heavy atom. The molecule has 1 amide bonds. The van der Waals surface area contributed by atoms with Crippen LogP contribution in [0.15, 0.2) is 48.0 Å². The molecule has 33 heavy (non-hydrogen) atoms. The first kappa shape index (κ1) is 23.2. The summed E-state index contributed by atoms with van der Waals surface area (Å²) in [5.41, 5.74) is 3.16. The normalized spacial score (nSPS) is 16.2. The van der Waals surface area contributed by atoms with Crippen molar-refractivity contribution in [1.82, 2.24) is 4.90 Å². The minimum absolute atomic E-state index is 0.0436. The predicted molar refractivity (Wildman–Crippen MR) is 128 cm³/mol. The quantitative estimate of drug-likeness (QED) is 0.549. The Morgan fingerprint density at radius 1 is 1.12 bits per heavy atom. The van der Waals surface area contributed by atoms with E-state index in [-0.39, 0.29) is 17.9 Å². The second kappa shape index (κ2) is 9.48. The molecular formula is C27H31FN2O3. The Balaban J connectivity index is 1.37. The minimum atomic E-state index is -0.689. The summed E-state index contributed by atoms with van der Waals surface area (Å²) in [5, 5.41) is 2.56. The second-order valence-electron chi connectivity index (χ2n) is 10.1. The van der Waals surface area contributed by atoms with Crippen LogP contribution in [0.25, 0.3) is 6.08 Å². The van der Waals surface area contributed by atoms with E-state index in [4.69, 9.17) is 4.74 Å². The second-order valence-corrected chi connectivity index (χ2v) is 10.1. The van der Waals surface area contributed by atoms with E-state index in [1.54, 1.807) is 20.8 Å². The molecule has 0 bridgehead atoms. The fraction of sp³-hybridized carbons (Fsp3) is 0.407. The number of likely N-dealkylation sites (tertiary alicyclic amines) is 1. The third-order valence-corrected chi connectivity index (χ3v) is 5.73. The summed E-state index contributed by atoms with van der Waals surface area (Å²) in [6.45, 7) is 8.54. The largest absolute Gasteiger partial charge is 0.444 e. The van der Waals surface area contributed by atoms with Crippen molar-refractivity contribution in [2.45, 2.75) is 45.6 Å². The van der Waals surface area contributed by atoms with Gasteiger partial charge in [0, 0.05) is 31.6 Å². The van der Waals surface area contributed by atoms with Crippen molar-refractivity contribution in [3.05, 3.63) is 70.5 Å². The van der Waals surface area contributed by atoms with Gasteiger partial charge in [-0.1, -0.05) is 36.4 Å². The van der Waals surface area contributed by atoms with Gasteiger partial charge in [0.15, 0.2) is 5.78 Å². The van der Waals surface area contributed by atoms with Crippen LogP contribution in [-0.4, -0.2) is 42.0 Å². The number of ketones is 1. The monoisotopic (exact) mass is 450 g/mol. The fourth-order valence-corrected chi connectivity index (χ4v) is 3.92. The van der Waals surface area contributed by atoms with Crippen LogP contribution in [0.5, 0.6) is 0 Å². The summed E-state index contributed by atoms with van der Waals surface area (Å²) in [6, 6.07) is 11.5. The first-order valence-corrected chi connectivity index (χ1v) is 11.5. The molecule has 0 spiro atoms. The topological polar surface area (TPSA) is 58.6 Å². The summed E-state index contributed by atoms with van der Waals surface area (Å²) >= 11 is 0. The third-order valence-electron chi connectivity index (χ3n) is 5.73. The first-order valence-electron chi connectivity index (χ1n) is 11.5. The molecule has 1 heterocycles. The number of nitrogens with one attached hydrogen (secondary N) is 1. The summed E-state index contributed by atoms with van der Waals surface area (Å²) in [4.78, 5) is 27.5. The van der Waals surface area contributed by atoms with Crippen LogP contribution in [-0.2, 0) is 11.2 Å². The van der Waals surface area contributed by atoms with Crippen LogP contribution >= 0.6 is 0 Å². The van der Waals surface area contributed by atoms with Crippen LogP contribution in [0.2, 0.25) is 0 Å². The van der Waals surface area contributed by atoms with Crippen LogP contribution in [0.4, 0.5) is 14.9 Å². The van der Waals surface area contributed by atoms with Gasteiger partial charge in [-0.3, -0.25) is 15.0 Å². The highest BCUT2D eigenvalue weighted by molar-refractivity contribution is 5.99. The van der Waals surface area contributed by atoms with Crippen molar-refractivity contribution in [3.8, 4) is 0 Å². The number of anilines is 1. The van der Waals surface area contributed by atoms with Crippen molar-refractivity contribution in [2.24, 2.45) is 5.92 Å². The molecule has 0 unspecified atom stereocenters. The van der Waals surface area contributed by atoms with Gasteiger partial charge in [0.1, 0.15) is 11.4 Å². The van der Waals surface area contributed by atoms with Crippen molar-refractivity contribution < 1.29 is 18.7 Å². The maximum Gasteiger partial charge on any atom is 0.412 e. The van der Waals surface area contributed by atoms with Gasteiger partial charge in [0.25, 0.3) is 0 Å². The van der Waals surface area contributed by atoms with Gasteiger partial charge in [0.2, 0.25) is 0 Å². The lowest BCUT2D eigenvalue weighted by molar-refractivity contribution is 0.0635. The van der Waals surface area contributed by atoms with Crippen molar-refractivity contribution >= 4 is 23.6 Å². The smallest absolute Gasteiger partial charge is 0.412 e. The molecule has 1 aliphatic heterocycles. The zero-order chi connectivity index (χ0) is 23.6. The lowest BCUT2D eigenvalue weighted by Crippen LogP contribution is -2.41. The summed E-state index contributed by atoms with van der Waals surface area (Å²) in [6.07, 6.45) is 4.30. The summed E-state index contributed by atoms with van der Waals surface area (Å²) < 4.78 is 19.0. The number of carbonyl (C=O) groups excluding carboxylic acids is 2. The van der Waals surface area contributed by atoms with Gasteiger partial charge in [-0.15, -0.1) is 0 Å². The molecule has 2 fully saturated rings. The molecule has 4 rings (SSSR count). The van der Waals surface area contributed by atoms with Gasteiger partial charge in [0.05, 0.1) is 5.69 Å². The van der Waals surface area contributed by atoms with Crippen molar-refractivity contribution in [1.29, 1.82) is 0 Å². The number of nitrogens with zero attached hydrogens (tertiary/aromatic N) is 1. The van der Waals surface area contributed by atoms with E-state index in [1.807, 2.05) is 24.3 Å². The molecule has 2 aliphatic rings. The van der Waals surface area contributed by atoms with Crippen LogP contribution in [0.1, 0.15) is 55.1 Å². The third kappa shape index (κ3) is 6.75. The van der Waals surface area contributed by atoms with Crippen LogP contribution < -0.4 is 5.32 Å². The fourth-order valence-electron chi connectivity index (χ4n) is 3.92. The molecule has 2 aromatic carbocycles. The number of hydrogen-bond acceptors (Lipinski definition) is 4. The van der Waals surface area contributed by atoms with Gasteiger partial charge < -0.3 is 4.74 Å². The van der Waals surface area contributed by atoms with Crippen LogP contribution in [0, 0.1) is 11.7 Å². The SMILES string of the molecule is CC(C)(C)OC(=O)Nc1cc(F)ccc1CC(=O)c1ccc(C=C2CN(CC3CC3)C2)cc1. The lowest BCUT2D eigenvalue weighted by Gasteiger charge is -2.34. The lowest BCUT2D eigenvalue weighted by atomic mass is 9.99. The molecule has 0 aromatic heterocycles. The van der Waals surface area contributed by atoms with E-state index in [9.17, 15) is 14.0 Å². The molecule has 2 aromatic rings. The highest BCUT2D eigenvalue weighted by Gasteiger charge is 2.28. The number of rotatable bonds is 7. The molecule has 0 radical (unpaired) electrons. The molecule has 174 valence electrons. The molecule has 0 atom stereocenters. The van der Waals surface area contributed by atoms with Gasteiger partial charge in [-0.25, -0.2) is 9.18 Å². The Bertz CT molecular complexity index is 1060. The molecule has 6 heteroatoms. The van der Waals surface area contributed by atoms with Crippen molar-refractivity contribution in [2.75, 3.05) is 25.0 Å². The number of amides is 1. The standard InChI is InChI=1S/C27H31FN2O3/c1-27(2,3)33-26(32)29-24-14-23(28)11-10-22(24)13-25(31)21-8-6-18(7-9-21)12-20-16-30(17-20)15-19-4-5-19/h6-12,14,19H,4-5,13,15-17H2,1-3H3,(H,29,32). The first-order chi connectivity index (χ1) is 15.6. The van der Waals surface area contributed by atoms with E-state index in [0.717, 1.165) is 24.6 Å². The number of Topliss-reactive ketones (excluding diaryl/α,β-unsaturated/α-hetero) is 1. The number of carbonyl (C=O) groups is 2. The maximum absolute atomic E-state index is 13.8. The van der Waals surface area contributed by atoms with Gasteiger partial charge in [-0.05, 0) is 68.4 Å². The van der Waals surface area contributed by atoms with E-state index in [0.29, 0.717) is 11.1 Å². The average molecular weight is 451 g/mol. The number of benzene rings is 2. The molecule has 1 saturated carbocycles. The average Bonchev–Trinajstić information content (AvgIpc) is 3.51. The number of hydrogen-bond donors (Lipinski definition) is 1. The van der Waals surface area contributed by atoms with Crippen molar-refractivity contribution in [3.63, 3.8) is 0 Å². The number of ether oxygens (including phenoxy) is 1. The highest BCUT2D eigenvalue weighted by Crippen LogP contribution is 2.32. The Kier molecular flexibility index (Phi) is 6.66. The minimum Gasteiger partial charge on any atom is -0.444 e. The maximum atomic E-state index is 13.8. The Morgan fingerprint density at radius 3 is 2.45 bits per heavy atom. The molecular weight excluding hydrogens is 419 g/mol. The summed E-state index contributed by atoms with van der Waals surface area (Å²) in [5.74, 6) is 0.312. The van der Waals surface area contributed by atoms with Gasteiger partial charge >= 0.3 is 6.09 Å². The zero-order valence-electron chi connectivity index (χ0n) is 19.5. The molecule has 1 N–H and O–H groups in total. The molecule has 5 nitrogen and oxygen atoms in total. The predicted octanol–water partition coefficient (Wildman–Crippen LogP) is 5.71. The van der Waals surface area contributed by atoms with E-state index >= 15 is 0 Å². The highest BCUT2D eigenvalue weighted by atomic mass is 19.1. The van der Waals surface area contributed by atoms with E-state index in [1.165, 1.54) is 43.2 Å². The van der Waals surface area contributed by atoms with Gasteiger partial charge in [-0.2, -0.15) is 0 Å². The molecule has 1 aliphatic carbocycles. The zero-order valence-corrected chi connectivity index (χ0v) is 19.5. The van der Waals surface area contributed by atoms with E-state index < -0.39 is 17.5 Å². The number of halogens is 1. The molecule has 1 saturated heterocycles. The summed E-state index contributed by atoms with van der Waals surface area (Å²) in [7, 11) is 0. The van der Waals surface area contributed by atoms with E-state index in [2.05, 4.69) is 16.3 Å². The Labute approximate surface area is 194 Å². The Hall–Kier alpha value is -2.99. The van der Waals surface area contributed by atoms with Crippen LogP contribution in [0.3, 0.4) is 0 Å².